The molecule has 100 valence electrons. The summed E-state index contributed by atoms with van der Waals surface area (Å²) in [4.78, 5) is 3.80. The molecule has 1 fully saturated rings. The van der Waals surface area contributed by atoms with Crippen LogP contribution in [0.15, 0.2) is 18.3 Å². The van der Waals surface area contributed by atoms with E-state index in [0.29, 0.717) is 5.82 Å². The molecular formula is C12H15F3N2S. The quantitative estimate of drug-likeness (QED) is 0.909. The topological polar surface area (TPSA) is 24.9 Å². The van der Waals surface area contributed by atoms with Gasteiger partial charge in [0.05, 0.1) is 5.56 Å². The van der Waals surface area contributed by atoms with Crippen molar-refractivity contribution in [1.29, 1.82) is 0 Å². The van der Waals surface area contributed by atoms with Gasteiger partial charge in [-0.1, -0.05) is 0 Å². The van der Waals surface area contributed by atoms with Gasteiger partial charge in [-0.3, -0.25) is 0 Å². The largest absolute Gasteiger partial charge is 0.417 e. The van der Waals surface area contributed by atoms with E-state index in [2.05, 4.69) is 17.2 Å². The molecule has 0 aromatic carbocycles. The van der Waals surface area contributed by atoms with Gasteiger partial charge in [-0.15, -0.1) is 0 Å². The number of pyridine rings is 1. The molecule has 1 saturated heterocycles. The minimum absolute atomic E-state index is 0.171. The number of halogens is 3. The highest BCUT2D eigenvalue weighted by atomic mass is 32.2. The fourth-order valence-corrected chi connectivity index (χ4v) is 3.16. The zero-order chi connectivity index (χ0) is 13.2. The summed E-state index contributed by atoms with van der Waals surface area (Å²) >= 11 is 1.90. The summed E-state index contributed by atoms with van der Waals surface area (Å²) in [5, 5.41) is 3.11. The van der Waals surface area contributed by atoms with Crippen LogP contribution in [0.4, 0.5) is 19.0 Å². The molecule has 1 aromatic rings. The molecule has 0 aliphatic carbocycles. The third kappa shape index (κ3) is 3.31. The van der Waals surface area contributed by atoms with Gasteiger partial charge in [-0.2, -0.15) is 24.9 Å². The average Bonchev–Trinajstić information content (AvgIpc) is 2.74. The predicted octanol–water partition coefficient (Wildman–Crippen LogP) is 3.80. The van der Waals surface area contributed by atoms with Gasteiger partial charge in [-0.25, -0.2) is 4.98 Å². The molecule has 0 radical (unpaired) electrons. The highest BCUT2D eigenvalue weighted by Gasteiger charge is 2.31. The Hall–Kier alpha value is -0.910. The molecule has 2 heterocycles. The maximum absolute atomic E-state index is 12.3. The van der Waals surface area contributed by atoms with E-state index >= 15 is 0 Å². The van der Waals surface area contributed by atoms with Gasteiger partial charge in [0.25, 0.3) is 0 Å². The van der Waals surface area contributed by atoms with Crippen molar-refractivity contribution in [3.63, 3.8) is 0 Å². The lowest BCUT2D eigenvalue weighted by molar-refractivity contribution is -0.137. The number of anilines is 1. The normalized spacial score (nSPS) is 24.2. The van der Waals surface area contributed by atoms with E-state index in [9.17, 15) is 13.2 Å². The first-order chi connectivity index (χ1) is 8.39. The van der Waals surface area contributed by atoms with Crippen molar-refractivity contribution in [2.75, 3.05) is 17.6 Å². The molecule has 0 amide bonds. The predicted molar refractivity (Wildman–Crippen MR) is 67.8 cm³/mol. The molecule has 1 aromatic heterocycles. The van der Waals surface area contributed by atoms with E-state index < -0.39 is 11.7 Å². The number of hydrogen-bond acceptors (Lipinski definition) is 3. The Bertz CT molecular complexity index is 397. The number of nitrogens with zero attached hydrogens (tertiary/aromatic N) is 1. The third-order valence-corrected chi connectivity index (χ3v) is 4.57. The average molecular weight is 276 g/mol. The van der Waals surface area contributed by atoms with Crippen molar-refractivity contribution in [1.82, 2.24) is 4.98 Å². The smallest absolute Gasteiger partial charge is 0.369 e. The fraction of sp³-hybridized carbons (Fsp3) is 0.583. The van der Waals surface area contributed by atoms with Gasteiger partial charge < -0.3 is 5.32 Å². The van der Waals surface area contributed by atoms with E-state index in [4.69, 9.17) is 0 Å². The number of aromatic nitrogens is 1. The van der Waals surface area contributed by atoms with Crippen molar-refractivity contribution >= 4 is 17.6 Å². The summed E-state index contributed by atoms with van der Waals surface area (Å²) in [5.74, 6) is 1.65. The van der Waals surface area contributed by atoms with Gasteiger partial charge in [0.2, 0.25) is 0 Å². The molecule has 2 rings (SSSR count). The molecule has 1 aliphatic rings. The van der Waals surface area contributed by atoms with Gasteiger partial charge in [0, 0.05) is 17.5 Å². The highest BCUT2D eigenvalue weighted by molar-refractivity contribution is 8.00. The Kier molecular flexibility index (Phi) is 3.75. The molecule has 18 heavy (non-hydrogen) atoms. The number of thioether (sulfide) groups is 1. The lowest BCUT2D eigenvalue weighted by Gasteiger charge is -2.23. The van der Waals surface area contributed by atoms with Crippen LogP contribution in [0.25, 0.3) is 0 Å². The molecule has 1 N–H and O–H groups in total. The number of nitrogens with one attached hydrogen (secondary N) is 1. The zero-order valence-electron chi connectivity index (χ0n) is 10.0. The van der Waals surface area contributed by atoms with Crippen LogP contribution < -0.4 is 5.32 Å². The highest BCUT2D eigenvalue weighted by Crippen LogP contribution is 2.37. The minimum Gasteiger partial charge on any atom is -0.369 e. The van der Waals surface area contributed by atoms with Gasteiger partial charge >= 0.3 is 6.18 Å². The summed E-state index contributed by atoms with van der Waals surface area (Å²) < 4.78 is 37.2. The Balaban J connectivity index is 1.94. The number of rotatable bonds is 3. The monoisotopic (exact) mass is 276 g/mol. The molecule has 0 spiro atoms. The summed E-state index contributed by atoms with van der Waals surface area (Å²) in [7, 11) is 0. The fourth-order valence-electron chi connectivity index (χ4n) is 1.92. The summed E-state index contributed by atoms with van der Waals surface area (Å²) in [5.41, 5.74) is -0.713. The Morgan fingerprint density at radius 3 is 2.72 bits per heavy atom. The number of hydrogen-bond donors (Lipinski definition) is 1. The van der Waals surface area contributed by atoms with E-state index in [1.165, 1.54) is 12.5 Å². The Morgan fingerprint density at radius 1 is 1.44 bits per heavy atom. The minimum atomic E-state index is -4.32. The molecule has 2 nitrogen and oxygen atoms in total. The van der Waals surface area contributed by atoms with Gasteiger partial charge in [-0.05, 0) is 37.7 Å². The second-order valence-corrected chi connectivity index (χ2v) is 6.37. The Morgan fingerprint density at radius 2 is 2.22 bits per heavy atom. The molecule has 6 heteroatoms. The van der Waals surface area contributed by atoms with Gasteiger partial charge in [0.15, 0.2) is 0 Å². The van der Waals surface area contributed by atoms with Crippen molar-refractivity contribution in [3.8, 4) is 0 Å². The molecule has 0 bridgehead atoms. The second kappa shape index (κ2) is 4.99. The summed E-state index contributed by atoms with van der Waals surface area (Å²) in [6.45, 7) is 2.90. The van der Waals surface area contributed by atoms with Crippen molar-refractivity contribution in [2.24, 2.45) is 0 Å². The van der Waals surface area contributed by atoms with Gasteiger partial charge in [0.1, 0.15) is 5.82 Å². The van der Waals surface area contributed by atoms with Crippen molar-refractivity contribution in [2.45, 2.75) is 30.7 Å². The first-order valence-electron chi connectivity index (χ1n) is 5.80. The molecule has 0 saturated carbocycles. The summed E-state index contributed by atoms with van der Waals surface area (Å²) in [6.07, 6.45) is -1.13. The molecule has 1 aliphatic heterocycles. The molecule has 1 unspecified atom stereocenters. The van der Waals surface area contributed by atoms with Crippen LogP contribution in [0.5, 0.6) is 0 Å². The van der Waals surface area contributed by atoms with Crippen LogP contribution in [-0.4, -0.2) is 22.0 Å². The molecule has 1 atom stereocenters. The maximum Gasteiger partial charge on any atom is 0.417 e. The van der Waals surface area contributed by atoms with Crippen LogP contribution in [0, 0.1) is 0 Å². The Labute approximate surface area is 108 Å². The standard InChI is InChI=1S/C12H15F3N2S/c1-11(5-2-6-18-11)8-17-10-4-3-9(7-16-10)12(13,14)15/h3-4,7H,2,5-6,8H2,1H3,(H,16,17). The number of alkyl halides is 3. The van der Waals surface area contributed by atoms with Crippen LogP contribution in [-0.2, 0) is 6.18 Å². The van der Waals surface area contributed by atoms with Crippen molar-refractivity contribution in [3.05, 3.63) is 23.9 Å². The zero-order valence-corrected chi connectivity index (χ0v) is 10.9. The maximum atomic E-state index is 12.3. The second-order valence-electron chi connectivity index (χ2n) is 4.69. The molecular weight excluding hydrogens is 261 g/mol. The van der Waals surface area contributed by atoms with E-state index in [-0.39, 0.29) is 4.75 Å². The first kappa shape index (κ1) is 13.5. The van der Waals surface area contributed by atoms with E-state index in [1.807, 2.05) is 11.8 Å². The summed E-state index contributed by atoms with van der Waals surface area (Å²) in [6, 6.07) is 2.44. The van der Waals surface area contributed by atoms with Crippen LogP contribution >= 0.6 is 11.8 Å². The van der Waals surface area contributed by atoms with Crippen LogP contribution in [0.1, 0.15) is 25.3 Å². The lowest BCUT2D eigenvalue weighted by Crippen LogP contribution is -2.27. The van der Waals surface area contributed by atoms with Crippen molar-refractivity contribution < 1.29 is 13.2 Å². The first-order valence-corrected chi connectivity index (χ1v) is 6.79. The van der Waals surface area contributed by atoms with E-state index in [0.717, 1.165) is 31.0 Å². The lowest BCUT2D eigenvalue weighted by atomic mass is 10.1. The van der Waals surface area contributed by atoms with Crippen LogP contribution in [0.2, 0.25) is 0 Å². The van der Waals surface area contributed by atoms with E-state index in [1.54, 1.807) is 0 Å². The third-order valence-electron chi connectivity index (χ3n) is 3.03. The van der Waals surface area contributed by atoms with Crippen LogP contribution in [0.3, 0.4) is 0 Å². The SMILES string of the molecule is CC1(CNc2ccc(C(F)(F)F)cn2)CCCS1.